The summed E-state index contributed by atoms with van der Waals surface area (Å²) in [6.45, 7) is 6.32. The number of nitrogens with one attached hydrogen (secondary N) is 2. The van der Waals surface area contributed by atoms with Gasteiger partial charge in [0.15, 0.2) is 0 Å². The SMILES string of the molecule is CCCc1nc(C(=O)Nc2ccc(C(C)C)cc2)n[nH]1. The largest absolute Gasteiger partial charge is 0.319 e. The molecule has 0 spiro atoms. The lowest BCUT2D eigenvalue weighted by molar-refractivity contribution is 0.101. The number of carbonyl (C=O) groups is 1. The molecule has 1 aromatic heterocycles. The molecule has 0 saturated heterocycles. The highest BCUT2D eigenvalue weighted by Crippen LogP contribution is 2.17. The summed E-state index contributed by atoms with van der Waals surface area (Å²) in [5.41, 5.74) is 1.99. The Bertz CT molecular complexity index is 572. The number of aromatic amines is 1. The molecule has 1 heterocycles. The molecule has 0 fully saturated rings. The lowest BCUT2D eigenvalue weighted by Crippen LogP contribution is -2.13. The molecule has 2 N–H and O–H groups in total. The minimum absolute atomic E-state index is 0.182. The highest BCUT2D eigenvalue weighted by atomic mass is 16.2. The predicted octanol–water partition coefficient (Wildman–Crippen LogP) is 3.13. The van der Waals surface area contributed by atoms with E-state index in [9.17, 15) is 4.79 Å². The number of anilines is 1. The fraction of sp³-hybridized carbons (Fsp3) is 0.400. The van der Waals surface area contributed by atoms with Gasteiger partial charge in [-0.15, -0.1) is 5.10 Å². The van der Waals surface area contributed by atoms with Crippen molar-refractivity contribution in [3.8, 4) is 0 Å². The van der Waals surface area contributed by atoms with E-state index in [1.54, 1.807) is 0 Å². The van der Waals surface area contributed by atoms with Crippen LogP contribution in [0.3, 0.4) is 0 Å². The second-order valence-corrected chi connectivity index (χ2v) is 5.09. The van der Waals surface area contributed by atoms with Gasteiger partial charge in [-0.1, -0.05) is 32.9 Å². The van der Waals surface area contributed by atoms with Crippen LogP contribution in [0.5, 0.6) is 0 Å². The number of H-pyrrole nitrogens is 1. The van der Waals surface area contributed by atoms with Gasteiger partial charge in [-0.3, -0.25) is 9.89 Å². The van der Waals surface area contributed by atoms with Crippen LogP contribution < -0.4 is 5.32 Å². The first-order valence-corrected chi connectivity index (χ1v) is 6.92. The Labute approximate surface area is 118 Å². The molecule has 1 aromatic carbocycles. The Morgan fingerprint density at radius 3 is 2.60 bits per heavy atom. The molecule has 1 amide bonds. The number of nitrogens with zero attached hydrogens (tertiary/aromatic N) is 2. The zero-order chi connectivity index (χ0) is 14.5. The van der Waals surface area contributed by atoms with E-state index in [1.165, 1.54) is 5.56 Å². The van der Waals surface area contributed by atoms with E-state index >= 15 is 0 Å². The van der Waals surface area contributed by atoms with Gasteiger partial charge >= 0.3 is 0 Å². The quantitative estimate of drug-likeness (QED) is 0.878. The van der Waals surface area contributed by atoms with Gasteiger partial charge in [0.25, 0.3) is 5.91 Å². The van der Waals surface area contributed by atoms with Gasteiger partial charge in [0.05, 0.1) is 0 Å². The van der Waals surface area contributed by atoms with E-state index in [0.29, 0.717) is 5.92 Å². The van der Waals surface area contributed by atoms with Crippen molar-refractivity contribution in [1.29, 1.82) is 0 Å². The van der Waals surface area contributed by atoms with Crippen LogP contribution in [0.15, 0.2) is 24.3 Å². The third-order valence-electron chi connectivity index (χ3n) is 3.06. The van der Waals surface area contributed by atoms with Crippen LogP contribution in [0.25, 0.3) is 0 Å². The molecule has 5 heteroatoms. The van der Waals surface area contributed by atoms with E-state index in [0.717, 1.165) is 24.4 Å². The number of aryl methyl sites for hydroxylation is 1. The maximum atomic E-state index is 12.0. The van der Waals surface area contributed by atoms with Gasteiger partial charge < -0.3 is 5.32 Å². The van der Waals surface area contributed by atoms with Gasteiger partial charge in [-0.05, 0) is 30.0 Å². The first-order valence-electron chi connectivity index (χ1n) is 6.92. The standard InChI is InChI=1S/C15H20N4O/c1-4-5-13-17-14(19-18-13)15(20)16-12-8-6-11(7-9-12)10(2)3/h6-10H,4-5H2,1-3H3,(H,16,20)(H,17,18,19). The number of hydrogen-bond donors (Lipinski definition) is 2. The molecule has 5 nitrogen and oxygen atoms in total. The number of hydrogen-bond acceptors (Lipinski definition) is 3. The molecule has 0 atom stereocenters. The van der Waals surface area contributed by atoms with Crippen molar-refractivity contribution in [2.45, 2.75) is 39.5 Å². The monoisotopic (exact) mass is 272 g/mol. The highest BCUT2D eigenvalue weighted by Gasteiger charge is 2.12. The Balaban J connectivity index is 2.03. The van der Waals surface area contributed by atoms with Gasteiger partial charge in [-0.25, -0.2) is 4.98 Å². The molecule has 0 unspecified atom stereocenters. The van der Waals surface area contributed by atoms with Crippen LogP contribution in [0, 0.1) is 0 Å². The Hall–Kier alpha value is -2.17. The molecule has 20 heavy (non-hydrogen) atoms. The summed E-state index contributed by atoms with van der Waals surface area (Å²) in [7, 11) is 0. The van der Waals surface area contributed by atoms with Gasteiger partial charge in [0.1, 0.15) is 5.82 Å². The van der Waals surface area contributed by atoms with E-state index in [1.807, 2.05) is 24.3 Å². The summed E-state index contributed by atoms with van der Waals surface area (Å²) in [5.74, 6) is 1.11. The van der Waals surface area contributed by atoms with Crippen LogP contribution in [-0.4, -0.2) is 21.1 Å². The van der Waals surface area contributed by atoms with Crippen LogP contribution in [0.2, 0.25) is 0 Å². The normalized spacial score (nSPS) is 10.8. The first-order chi connectivity index (χ1) is 9.60. The van der Waals surface area contributed by atoms with Gasteiger partial charge in [-0.2, -0.15) is 0 Å². The zero-order valence-corrected chi connectivity index (χ0v) is 12.1. The second-order valence-electron chi connectivity index (χ2n) is 5.09. The molecular formula is C15H20N4O. The first kappa shape index (κ1) is 14.2. The smallest absolute Gasteiger partial charge is 0.295 e. The topological polar surface area (TPSA) is 70.7 Å². The lowest BCUT2D eigenvalue weighted by atomic mass is 10.0. The summed E-state index contributed by atoms with van der Waals surface area (Å²) < 4.78 is 0. The summed E-state index contributed by atoms with van der Waals surface area (Å²) in [6, 6.07) is 7.82. The fourth-order valence-corrected chi connectivity index (χ4v) is 1.88. The number of carbonyl (C=O) groups excluding carboxylic acids is 1. The molecule has 106 valence electrons. The average molecular weight is 272 g/mol. The Morgan fingerprint density at radius 2 is 2.00 bits per heavy atom. The molecule has 2 aromatic rings. The second kappa shape index (κ2) is 6.32. The average Bonchev–Trinajstić information content (AvgIpc) is 2.88. The molecule has 0 aliphatic rings. The van der Waals surface area contributed by atoms with E-state index in [2.05, 4.69) is 41.3 Å². The molecule has 2 rings (SSSR count). The van der Waals surface area contributed by atoms with Crippen LogP contribution in [0.1, 0.15) is 55.1 Å². The van der Waals surface area contributed by atoms with E-state index in [4.69, 9.17) is 0 Å². The molecule has 0 aliphatic carbocycles. The Kier molecular flexibility index (Phi) is 4.50. The van der Waals surface area contributed by atoms with Crippen molar-refractivity contribution < 1.29 is 4.79 Å². The van der Waals surface area contributed by atoms with Crippen molar-refractivity contribution in [2.24, 2.45) is 0 Å². The van der Waals surface area contributed by atoms with Crippen molar-refractivity contribution in [3.63, 3.8) is 0 Å². The molecule has 0 aliphatic heterocycles. The van der Waals surface area contributed by atoms with Crippen molar-refractivity contribution in [3.05, 3.63) is 41.5 Å². The zero-order valence-electron chi connectivity index (χ0n) is 12.1. The summed E-state index contributed by atoms with van der Waals surface area (Å²) >= 11 is 0. The number of aromatic nitrogens is 3. The van der Waals surface area contributed by atoms with Crippen molar-refractivity contribution >= 4 is 11.6 Å². The van der Waals surface area contributed by atoms with Crippen LogP contribution >= 0.6 is 0 Å². The summed E-state index contributed by atoms with van der Waals surface area (Å²) in [6.07, 6.45) is 1.76. The van der Waals surface area contributed by atoms with Gasteiger partial charge in [0, 0.05) is 12.1 Å². The molecule has 0 radical (unpaired) electrons. The highest BCUT2D eigenvalue weighted by molar-refractivity contribution is 6.01. The third-order valence-corrected chi connectivity index (χ3v) is 3.06. The predicted molar refractivity (Wildman–Crippen MR) is 78.9 cm³/mol. The van der Waals surface area contributed by atoms with Crippen LogP contribution in [-0.2, 0) is 6.42 Å². The summed E-state index contributed by atoms with van der Waals surface area (Å²) in [4.78, 5) is 16.2. The molecule has 0 saturated carbocycles. The lowest BCUT2D eigenvalue weighted by Gasteiger charge is -2.07. The van der Waals surface area contributed by atoms with E-state index < -0.39 is 0 Å². The minimum atomic E-state index is -0.291. The van der Waals surface area contributed by atoms with Crippen molar-refractivity contribution in [1.82, 2.24) is 15.2 Å². The van der Waals surface area contributed by atoms with Gasteiger partial charge in [0.2, 0.25) is 5.82 Å². The maximum Gasteiger partial charge on any atom is 0.295 e. The minimum Gasteiger partial charge on any atom is -0.319 e. The Morgan fingerprint density at radius 1 is 1.30 bits per heavy atom. The molecule has 0 bridgehead atoms. The summed E-state index contributed by atoms with van der Waals surface area (Å²) in [5, 5.41) is 9.50. The third kappa shape index (κ3) is 3.44. The van der Waals surface area contributed by atoms with E-state index in [-0.39, 0.29) is 11.7 Å². The van der Waals surface area contributed by atoms with Crippen molar-refractivity contribution in [2.75, 3.05) is 5.32 Å². The number of benzene rings is 1. The maximum absolute atomic E-state index is 12.0. The fourth-order valence-electron chi connectivity index (χ4n) is 1.88. The van der Waals surface area contributed by atoms with Crippen LogP contribution in [0.4, 0.5) is 5.69 Å². The number of rotatable bonds is 5. The molecular weight excluding hydrogens is 252 g/mol. The number of amides is 1.